The lowest BCUT2D eigenvalue weighted by molar-refractivity contribution is -0.420. The molecule has 0 amide bonds. The Bertz CT molecular complexity index is 552. The van der Waals surface area contributed by atoms with Crippen molar-refractivity contribution in [3.05, 3.63) is 71.8 Å². The minimum absolute atomic E-state index is 0.409. The quantitative estimate of drug-likeness (QED) is 0.865. The van der Waals surface area contributed by atoms with Gasteiger partial charge in [-0.25, -0.2) is 0 Å². The zero-order chi connectivity index (χ0) is 15.9. The summed E-state index contributed by atoms with van der Waals surface area (Å²) in [6.07, 6.45) is 0. The Morgan fingerprint density at radius 2 is 1.52 bits per heavy atom. The average Bonchev–Trinajstić information content (AvgIpc) is 2.49. The van der Waals surface area contributed by atoms with E-state index in [4.69, 9.17) is 5.73 Å². The van der Waals surface area contributed by atoms with Crippen molar-refractivity contribution in [3.63, 3.8) is 0 Å². The Morgan fingerprint density at radius 3 is 1.86 bits per heavy atom. The molecule has 4 nitrogen and oxygen atoms in total. The predicted molar refractivity (Wildman–Crippen MR) is 80.7 cm³/mol. The van der Waals surface area contributed by atoms with Gasteiger partial charge in [0.15, 0.2) is 0 Å². The lowest BCUT2D eigenvalue weighted by atomic mass is 9.94. The van der Waals surface area contributed by atoms with E-state index in [0.717, 1.165) is 0 Å². The Hall–Kier alpha value is -2.17. The molecule has 0 heterocycles. The van der Waals surface area contributed by atoms with Crippen molar-refractivity contribution in [2.45, 2.75) is 25.4 Å². The molecule has 0 spiro atoms. The van der Waals surface area contributed by atoms with Crippen molar-refractivity contribution in [2.75, 3.05) is 0 Å². The summed E-state index contributed by atoms with van der Waals surface area (Å²) in [6.45, 7) is 3.51. The summed E-state index contributed by atoms with van der Waals surface area (Å²) in [4.78, 5) is 10.6. The van der Waals surface area contributed by atoms with E-state index >= 15 is 0 Å². The molecule has 0 aromatic heterocycles. The van der Waals surface area contributed by atoms with E-state index in [1.165, 1.54) is 12.5 Å². The number of hydrogen-bond acceptors (Lipinski definition) is 3. The minimum atomic E-state index is -1.40. The first-order valence-corrected chi connectivity index (χ1v) is 6.79. The zero-order valence-corrected chi connectivity index (χ0v) is 12.5. The molecule has 0 aliphatic carbocycles. The van der Waals surface area contributed by atoms with Crippen molar-refractivity contribution in [1.29, 1.82) is 0 Å². The Balaban J connectivity index is 0.000000219. The number of aliphatic carboxylic acids is 1. The van der Waals surface area contributed by atoms with Crippen LogP contribution in [0.3, 0.4) is 0 Å². The first-order chi connectivity index (χ1) is 9.85. The van der Waals surface area contributed by atoms with Crippen LogP contribution in [-0.2, 0) is 10.3 Å². The van der Waals surface area contributed by atoms with E-state index in [-0.39, 0.29) is 0 Å². The van der Waals surface area contributed by atoms with Gasteiger partial charge >= 0.3 is 0 Å². The van der Waals surface area contributed by atoms with Crippen molar-refractivity contribution in [1.82, 2.24) is 0 Å². The van der Waals surface area contributed by atoms with Crippen LogP contribution in [0.15, 0.2) is 60.7 Å². The smallest absolute Gasteiger partial charge is 0.107 e. The molecule has 2 rings (SSSR count). The molecule has 2 atom stereocenters. The van der Waals surface area contributed by atoms with Crippen LogP contribution < -0.4 is 16.6 Å². The summed E-state index contributed by atoms with van der Waals surface area (Å²) in [7, 11) is 0. The molecule has 5 N–H and O–H groups in total. The second-order valence-electron chi connectivity index (χ2n) is 5.17. The molecular formula is C17H22N2O2. The fourth-order valence-corrected chi connectivity index (χ4v) is 1.68. The maximum Gasteiger partial charge on any atom is 0.107 e. The number of carboxylic acid groups (broad SMARTS) is 1. The third kappa shape index (κ3) is 5.02. The summed E-state index contributed by atoms with van der Waals surface area (Å²) in [5.41, 5.74) is 9.88. The van der Waals surface area contributed by atoms with Crippen LogP contribution in [0.25, 0.3) is 0 Å². The molecule has 4 heteroatoms. The molecule has 0 saturated heterocycles. The SMILES string of the molecule is C[C@@H]([NH3+])c1ccccc1.C[C@](N)(C(=O)[O-])c1ccccc1. The minimum Gasteiger partial charge on any atom is -0.548 e. The molecule has 112 valence electrons. The van der Waals surface area contributed by atoms with Crippen molar-refractivity contribution < 1.29 is 15.6 Å². The van der Waals surface area contributed by atoms with E-state index < -0.39 is 11.5 Å². The van der Waals surface area contributed by atoms with Crippen molar-refractivity contribution in [2.24, 2.45) is 5.73 Å². The highest BCUT2D eigenvalue weighted by Crippen LogP contribution is 2.15. The Morgan fingerprint density at radius 1 is 1.10 bits per heavy atom. The molecule has 2 aromatic carbocycles. The van der Waals surface area contributed by atoms with Gasteiger partial charge in [-0.15, -0.1) is 0 Å². The van der Waals surface area contributed by atoms with Crippen LogP contribution in [0.5, 0.6) is 0 Å². The Kier molecular flexibility index (Phi) is 6.09. The van der Waals surface area contributed by atoms with Gasteiger partial charge in [-0.2, -0.15) is 0 Å². The van der Waals surface area contributed by atoms with Gasteiger partial charge in [-0.05, 0) is 19.4 Å². The highest BCUT2D eigenvalue weighted by Gasteiger charge is 2.21. The number of carboxylic acids is 1. The van der Waals surface area contributed by atoms with E-state index in [9.17, 15) is 9.90 Å². The highest BCUT2D eigenvalue weighted by atomic mass is 16.4. The van der Waals surface area contributed by atoms with Crippen LogP contribution in [0, 0.1) is 0 Å². The van der Waals surface area contributed by atoms with Crippen LogP contribution in [0.4, 0.5) is 0 Å². The van der Waals surface area contributed by atoms with Crippen LogP contribution in [0.1, 0.15) is 31.0 Å². The number of carbonyl (C=O) groups excluding carboxylic acids is 1. The number of benzene rings is 2. The summed E-state index contributed by atoms with van der Waals surface area (Å²) in [5.74, 6) is -1.27. The van der Waals surface area contributed by atoms with E-state index in [0.29, 0.717) is 11.6 Å². The lowest BCUT2D eigenvalue weighted by Crippen LogP contribution is -2.51. The summed E-state index contributed by atoms with van der Waals surface area (Å²) in [6, 6.07) is 19.3. The van der Waals surface area contributed by atoms with Gasteiger partial charge in [0.2, 0.25) is 0 Å². The maximum atomic E-state index is 10.6. The fraction of sp³-hybridized carbons (Fsp3) is 0.235. The summed E-state index contributed by atoms with van der Waals surface area (Å²) >= 11 is 0. The number of carbonyl (C=O) groups is 1. The van der Waals surface area contributed by atoms with Gasteiger partial charge in [0.25, 0.3) is 0 Å². The molecule has 0 bridgehead atoms. The van der Waals surface area contributed by atoms with E-state index in [2.05, 4.69) is 24.8 Å². The summed E-state index contributed by atoms with van der Waals surface area (Å²) < 4.78 is 0. The second-order valence-corrected chi connectivity index (χ2v) is 5.17. The van der Waals surface area contributed by atoms with Gasteiger partial charge in [0, 0.05) is 5.56 Å². The van der Waals surface area contributed by atoms with E-state index in [1.807, 2.05) is 18.2 Å². The highest BCUT2D eigenvalue weighted by molar-refractivity contribution is 5.77. The monoisotopic (exact) mass is 286 g/mol. The molecule has 0 aliphatic heterocycles. The predicted octanol–water partition coefficient (Wildman–Crippen LogP) is 0.600. The van der Waals surface area contributed by atoms with Crippen LogP contribution in [0.2, 0.25) is 0 Å². The molecule has 0 radical (unpaired) electrons. The van der Waals surface area contributed by atoms with Gasteiger partial charge in [0.1, 0.15) is 6.04 Å². The summed E-state index contributed by atoms with van der Waals surface area (Å²) in [5, 5.41) is 10.6. The molecule has 21 heavy (non-hydrogen) atoms. The van der Waals surface area contributed by atoms with Gasteiger partial charge in [-0.1, -0.05) is 60.7 Å². The second kappa shape index (κ2) is 7.57. The zero-order valence-electron chi connectivity index (χ0n) is 12.5. The molecule has 0 aliphatic rings. The normalized spacial score (nSPS) is 14.3. The molecule has 0 saturated carbocycles. The number of nitrogens with two attached hydrogens (primary N) is 1. The molecule has 0 unspecified atom stereocenters. The lowest BCUT2D eigenvalue weighted by Gasteiger charge is -2.25. The first-order valence-electron chi connectivity index (χ1n) is 6.79. The number of rotatable bonds is 3. The molecular weight excluding hydrogens is 264 g/mol. The number of quaternary nitrogens is 1. The largest absolute Gasteiger partial charge is 0.548 e. The van der Waals surface area contributed by atoms with Crippen molar-refractivity contribution >= 4 is 5.97 Å². The van der Waals surface area contributed by atoms with Gasteiger partial charge in [0.05, 0.1) is 11.5 Å². The van der Waals surface area contributed by atoms with Crippen LogP contribution in [-0.4, -0.2) is 5.97 Å². The van der Waals surface area contributed by atoms with Crippen molar-refractivity contribution in [3.8, 4) is 0 Å². The third-order valence-electron chi connectivity index (χ3n) is 3.17. The average molecular weight is 286 g/mol. The van der Waals surface area contributed by atoms with Gasteiger partial charge in [-0.3, -0.25) is 0 Å². The number of hydrogen-bond donors (Lipinski definition) is 2. The fourth-order valence-electron chi connectivity index (χ4n) is 1.68. The molecule has 0 fully saturated rings. The Labute approximate surface area is 125 Å². The molecule has 2 aromatic rings. The van der Waals surface area contributed by atoms with Crippen LogP contribution >= 0.6 is 0 Å². The van der Waals surface area contributed by atoms with Gasteiger partial charge < -0.3 is 21.4 Å². The maximum absolute atomic E-state index is 10.6. The first kappa shape index (κ1) is 16.9. The third-order valence-corrected chi connectivity index (χ3v) is 3.17. The van der Waals surface area contributed by atoms with E-state index in [1.54, 1.807) is 30.3 Å². The topological polar surface area (TPSA) is 93.8 Å². The standard InChI is InChI=1S/C9H11NO2.C8H11N/c1-9(10,8(11)12)7-5-3-2-4-6-7;1-7(9)8-5-3-2-4-6-8/h2-6H,10H2,1H3,(H,11,12);2-7H,9H2,1H3/t9-;7-/m11/s1.